The molecule has 1 unspecified atom stereocenters. The molecule has 1 saturated carbocycles. The molecule has 0 spiro atoms. The minimum Gasteiger partial charge on any atom is -0.351 e. The number of amides is 2. The fraction of sp³-hybridized carbons (Fsp3) is 0.429. The van der Waals surface area contributed by atoms with E-state index in [1.165, 1.54) is 22.7 Å². The molecule has 3 rings (SSSR count). The third-order valence-electron chi connectivity index (χ3n) is 5.08. The van der Waals surface area contributed by atoms with Gasteiger partial charge in [-0.2, -0.15) is 0 Å². The molecule has 0 bridgehead atoms. The van der Waals surface area contributed by atoms with Gasteiger partial charge in [-0.05, 0) is 48.9 Å². The van der Waals surface area contributed by atoms with E-state index in [0.29, 0.717) is 10.7 Å². The number of nitrogens with zero attached hydrogens (tertiary/aromatic N) is 1. The van der Waals surface area contributed by atoms with Crippen molar-refractivity contribution in [3.8, 4) is 0 Å². The zero-order valence-electron chi connectivity index (χ0n) is 15.8. The molecule has 1 aromatic carbocycles. The maximum atomic E-state index is 13.4. The fourth-order valence-corrected chi connectivity index (χ4v) is 4.78. The molecule has 1 atom stereocenters. The Morgan fingerprint density at radius 1 is 1.25 bits per heavy atom. The average Bonchev–Trinajstić information content (AvgIpc) is 3.22. The van der Waals surface area contributed by atoms with Crippen LogP contribution in [-0.4, -0.2) is 23.7 Å². The number of carbonyl (C=O) groups excluding carboxylic acids is 2. The summed E-state index contributed by atoms with van der Waals surface area (Å²) in [4.78, 5) is 28.5. The number of alkyl halides is 1. The summed E-state index contributed by atoms with van der Waals surface area (Å²) in [5.41, 5.74) is 1.46. The van der Waals surface area contributed by atoms with Crippen molar-refractivity contribution in [1.29, 1.82) is 0 Å². The predicted octanol–water partition coefficient (Wildman–Crippen LogP) is 5.47. The summed E-state index contributed by atoms with van der Waals surface area (Å²) in [7, 11) is 0. The minimum absolute atomic E-state index is 0.150. The maximum absolute atomic E-state index is 13.4. The lowest BCUT2D eigenvalue weighted by Crippen LogP contribution is -2.47. The van der Waals surface area contributed by atoms with Crippen LogP contribution >= 0.6 is 34.5 Å². The number of hydrogen-bond acceptors (Lipinski definition) is 3. The van der Waals surface area contributed by atoms with Gasteiger partial charge >= 0.3 is 0 Å². The van der Waals surface area contributed by atoms with Gasteiger partial charge in [0.1, 0.15) is 11.9 Å². The van der Waals surface area contributed by atoms with Gasteiger partial charge in [0.15, 0.2) is 0 Å². The summed E-state index contributed by atoms with van der Waals surface area (Å²) in [5, 5.41) is 5.58. The van der Waals surface area contributed by atoms with Crippen molar-refractivity contribution in [2.45, 2.75) is 51.1 Å². The molecule has 1 aliphatic rings. The Morgan fingerprint density at radius 2 is 2.00 bits per heavy atom. The molecule has 150 valence electrons. The highest BCUT2D eigenvalue weighted by molar-refractivity contribution is 7.10. The minimum atomic E-state index is -0.773. The van der Waals surface area contributed by atoms with Crippen LogP contribution < -0.4 is 10.2 Å². The number of anilines is 1. The van der Waals surface area contributed by atoms with Gasteiger partial charge in [0.05, 0.1) is 0 Å². The molecule has 1 aromatic heterocycles. The largest absolute Gasteiger partial charge is 0.351 e. The summed E-state index contributed by atoms with van der Waals surface area (Å²) in [6.45, 7) is 1.89. The Morgan fingerprint density at radius 3 is 2.64 bits per heavy atom. The van der Waals surface area contributed by atoms with E-state index in [-0.39, 0.29) is 23.7 Å². The summed E-state index contributed by atoms with van der Waals surface area (Å²) in [5.74, 6) is -0.721. The Bertz CT molecular complexity index is 820. The molecule has 2 aromatic rings. The van der Waals surface area contributed by atoms with E-state index in [4.69, 9.17) is 23.2 Å². The zero-order chi connectivity index (χ0) is 20.1. The summed E-state index contributed by atoms with van der Waals surface area (Å²) in [6.07, 6.45) is 5.39. The molecule has 4 nitrogen and oxygen atoms in total. The van der Waals surface area contributed by atoms with Crippen molar-refractivity contribution in [3.63, 3.8) is 0 Å². The first kappa shape index (κ1) is 21.2. The Balaban J connectivity index is 2.01. The van der Waals surface area contributed by atoms with Gasteiger partial charge in [0.2, 0.25) is 11.8 Å². The van der Waals surface area contributed by atoms with Gasteiger partial charge in [-0.3, -0.25) is 14.5 Å². The lowest BCUT2D eigenvalue weighted by atomic mass is 9.95. The van der Waals surface area contributed by atoms with Crippen LogP contribution in [0.3, 0.4) is 0 Å². The van der Waals surface area contributed by atoms with Crippen LogP contribution in [0.4, 0.5) is 5.69 Å². The molecule has 0 saturated heterocycles. The molecule has 1 aliphatic carbocycles. The van der Waals surface area contributed by atoms with E-state index >= 15 is 0 Å². The number of carbonyl (C=O) groups is 2. The average molecular weight is 439 g/mol. The summed E-state index contributed by atoms with van der Waals surface area (Å²) < 4.78 is 0. The van der Waals surface area contributed by atoms with Crippen LogP contribution in [-0.2, 0) is 9.59 Å². The van der Waals surface area contributed by atoms with Crippen molar-refractivity contribution in [1.82, 2.24) is 5.32 Å². The van der Waals surface area contributed by atoms with Gasteiger partial charge in [0.25, 0.3) is 0 Å². The quantitative estimate of drug-likeness (QED) is 0.607. The van der Waals surface area contributed by atoms with Gasteiger partial charge in [0, 0.05) is 21.6 Å². The lowest BCUT2D eigenvalue weighted by molar-refractivity contribution is -0.126. The summed E-state index contributed by atoms with van der Waals surface area (Å²) >= 11 is 13.6. The van der Waals surface area contributed by atoms with E-state index < -0.39 is 6.04 Å². The van der Waals surface area contributed by atoms with Gasteiger partial charge in [-0.15, -0.1) is 22.9 Å². The van der Waals surface area contributed by atoms with Gasteiger partial charge in [-0.1, -0.05) is 43.0 Å². The Hall–Kier alpha value is -1.56. The van der Waals surface area contributed by atoms with Crippen molar-refractivity contribution in [2.24, 2.45) is 0 Å². The first-order chi connectivity index (χ1) is 13.5. The smallest absolute Gasteiger partial charge is 0.248 e. The molecule has 28 heavy (non-hydrogen) atoms. The van der Waals surface area contributed by atoms with Crippen LogP contribution in [0.2, 0.25) is 5.02 Å². The number of halogens is 2. The molecule has 0 aliphatic heterocycles. The number of nitrogens with one attached hydrogen (secondary N) is 1. The van der Waals surface area contributed by atoms with Gasteiger partial charge < -0.3 is 5.32 Å². The monoisotopic (exact) mass is 438 g/mol. The lowest BCUT2D eigenvalue weighted by Gasteiger charge is -2.33. The molecule has 1 N–H and O–H groups in total. The molecule has 2 amide bonds. The molecule has 0 radical (unpaired) electrons. The van der Waals surface area contributed by atoms with Gasteiger partial charge in [-0.25, -0.2) is 0 Å². The van der Waals surface area contributed by atoms with Crippen LogP contribution in [0.25, 0.3) is 0 Å². The second-order valence-electron chi connectivity index (χ2n) is 7.09. The first-order valence-electron chi connectivity index (χ1n) is 9.49. The van der Waals surface area contributed by atoms with Crippen LogP contribution in [0.1, 0.15) is 48.6 Å². The third kappa shape index (κ3) is 4.88. The van der Waals surface area contributed by atoms with E-state index in [2.05, 4.69) is 5.32 Å². The maximum Gasteiger partial charge on any atom is 0.248 e. The van der Waals surface area contributed by atoms with E-state index in [1.807, 2.05) is 30.5 Å². The van der Waals surface area contributed by atoms with E-state index in [9.17, 15) is 9.59 Å². The second-order valence-corrected chi connectivity index (χ2v) is 8.77. The van der Waals surface area contributed by atoms with E-state index in [1.54, 1.807) is 12.1 Å². The normalized spacial score (nSPS) is 15.8. The number of hydrogen-bond donors (Lipinski definition) is 1. The number of benzene rings is 1. The van der Waals surface area contributed by atoms with E-state index in [0.717, 1.165) is 36.1 Å². The summed E-state index contributed by atoms with van der Waals surface area (Å²) in [6, 6.07) is 8.47. The van der Waals surface area contributed by atoms with Crippen LogP contribution in [0.5, 0.6) is 0 Å². The standard InChI is InChI=1S/C21H24Cl2N2O2S/c1-14-9-10-15(23)12-17(14)25(19(26)13-22)20(18-8-5-11-28-18)21(27)24-16-6-3-2-4-7-16/h5,8-12,16,20H,2-4,6-7,13H2,1H3,(H,24,27). The van der Waals surface area contributed by atoms with Crippen molar-refractivity contribution >= 4 is 52.0 Å². The van der Waals surface area contributed by atoms with Crippen molar-refractivity contribution in [3.05, 3.63) is 51.2 Å². The molecule has 1 fully saturated rings. The highest BCUT2D eigenvalue weighted by Crippen LogP contribution is 2.34. The highest BCUT2D eigenvalue weighted by atomic mass is 35.5. The van der Waals surface area contributed by atoms with Crippen molar-refractivity contribution in [2.75, 3.05) is 10.8 Å². The number of thiophene rings is 1. The van der Waals surface area contributed by atoms with Crippen molar-refractivity contribution < 1.29 is 9.59 Å². The molecular formula is C21H24Cl2N2O2S. The Kier molecular flexibility index (Phi) is 7.38. The first-order valence-corrected chi connectivity index (χ1v) is 11.3. The fourth-order valence-electron chi connectivity index (χ4n) is 3.67. The Labute approximate surface area is 179 Å². The number of aryl methyl sites for hydroxylation is 1. The number of rotatable bonds is 6. The second kappa shape index (κ2) is 9.77. The van der Waals surface area contributed by atoms with Crippen LogP contribution in [0, 0.1) is 6.92 Å². The molecule has 7 heteroatoms. The zero-order valence-corrected chi connectivity index (χ0v) is 18.1. The van der Waals surface area contributed by atoms with Crippen LogP contribution in [0.15, 0.2) is 35.7 Å². The third-order valence-corrected chi connectivity index (χ3v) is 6.47. The molecule has 1 heterocycles. The topological polar surface area (TPSA) is 49.4 Å². The highest BCUT2D eigenvalue weighted by Gasteiger charge is 2.35. The molecular weight excluding hydrogens is 415 g/mol. The SMILES string of the molecule is Cc1ccc(Cl)cc1N(C(=O)CCl)C(C(=O)NC1CCCCC1)c1cccs1. The predicted molar refractivity (Wildman–Crippen MR) is 116 cm³/mol.